The molecule has 1 aliphatic heterocycles. The highest BCUT2D eigenvalue weighted by atomic mass is 35.5. The molecule has 0 bridgehead atoms. The van der Waals surface area contributed by atoms with Crippen LogP contribution in [-0.4, -0.2) is 29.0 Å². The molecule has 2 heterocycles. The third-order valence-corrected chi connectivity index (χ3v) is 5.67. The molecule has 1 fully saturated rings. The molecule has 5 nitrogen and oxygen atoms in total. The summed E-state index contributed by atoms with van der Waals surface area (Å²) in [6.45, 7) is 1.80. The van der Waals surface area contributed by atoms with Gasteiger partial charge in [-0.25, -0.2) is 14.4 Å². The van der Waals surface area contributed by atoms with E-state index in [4.69, 9.17) is 11.6 Å². The van der Waals surface area contributed by atoms with Gasteiger partial charge in [0.15, 0.2) is 0 Å². The highest BCUT2D eigenvalue weighted by Crippen LogP contribution is 2.23. The van der Waals surface area contributed by atoms with Crippen LogP contribution in [0.25, 0.3) is 11.1 Å². The summed E-state index contributed by atoms with van der Waals surface area (Å²) in [6.07, 6.45) is 5.19. The van der Waals surface area contributed by atoms with Crippen molar-refractivity contribution in [2.45, 2.75) is 19.4 Å². The summed E-state index contributed by atoms with van der Waals surface area (Å²) in [7, 11) is 0. The molecule has 154 valence electrons. The zero-order valence-electron chi connectivity index (χ0n) is 16.4. The van der Waals surface area contributed by atoms with Gasteiger partial charge in [0.05, 0.1) is 5.92 Å². The SMILES string of the molecule is O=C(NCc1ccccc1Cl)C1CCCN(c2ncc(-c3ccc(F)cc3)cn2)C1. The molecule has 1 atom stereocenters. The van der Waals surface area contributed by atoms with E-state index in [0.717, 1.165) is 36.1 Å². The summed E-state index contributed by atoms with van der Waals surface area (Å²) < 4.78 is 13.1. The first-order valence-electron chi connectivity index (χ1n) is 9.94. The van der Waals surface area contributed by atoms with Gasteiger partial charge in [0.25, 0.3) is 0 Å². The minimum atomic E-state index is -0.275. The first-order chi connectivity index (χ1) is 14.6. The molecule has 2 aromatic carbocycles. The van der Waals surface area contributed by atoms with E-state index in [0.29, 0.717) is 24.1 Å². The molecule has 1 amide bonds. The number of hydrogen-bond acceptors (Lipinski definition) is 4. The molecule has 30 heavy (non-hydrogen) atoms. The normalized spacial score (nSPS) is 16.3. The quantitative estimate of drug-likeness (QED) is 0.656. The van der Waals surface area contributed by atoms with Gasteiger partial charge in [0, 0.05) is 42.6 Å². The Balaban J connectivity index is 1.38. The fourth-order valence-electron chi connectivity index (χ4n) is 3.62. The van der Waals surface area contributed by atoms with E-state index < -0.39 is 0 Å². The molecule has 3 aromatic rings. The Morgan fingerprint density at radius 2 is 1.83 bits per heavy atom. The molecule has 1 saturated heterocycles. The van der Waals surface area contributed by atoms with Crippen molar-refractivity contribution in [3.05, 3.63) is 77.3 Å². The lowest BCUT2D eigenvalue weighted by Crippen LogP contribution is -2.43. The van der Waals surface area contributed by atoms with E-state index >= 15 is 0 Å². The Hall–Kier alpha value is -2.99. The summed E-state index contributed by atoms with van der Waals surface area (Å²) in [5, 5.41) is 3.65. The van der Waals surface area contributed by atoms with Crippen LogP contribution in [0, 0.1) is 11.7 Å². The minimum Gasteiger partial charge on any atom is -0.352 e. The predicted molar refractivity (Wildman–Crippen MR) is 116 cm³/mol. The Kier molecular flexibility index (Phi) is 6.23. The zero-order chi connectivity index (χ0) is 20.9. The van der Waals surface area contributed by atoms with E-state index in [1.807, 2.05) is 29.2 Å². The van der Waals surface area contributed by atoms with E-state index in [9.17, 15) is 9.18 Å². The van der Waals surface area contributed by atoms with Gasteiger partial charge in [0.2, 0.25) is 11.9 Å². The first kappa shape index (κ1) is 20.3. The lowest BCUT2D eigenvalue weighted by Gasteiger charge is -2.32. The molecule has 1 unspecified atom stereocenters. The third-order valence-electron chi connectivity index (χ3n) is 5.30. The number of benzene rings is 2. The van der Waals surface area contributed by atoms with Gasteiger partial charge in [0.1, 0.15) is 5.82 Å². The van der Waals surface area contributed by atoms with Crippen LogP contribution < -0.4 is 10.2 Å². The Bertz CT molecular complexity index is 1010. The highest BCUT2D eigenvalue weighted by Gasteiger charge is 2.27. The van der Waals surface area contributed by atoms with Gasteiger partial charge in [-0.05, 0) is 42.2 Å². The van der Waals surface area contributed by atoms with Crippen molar-refractivity contribution in [2.75, 3.05) is 18.0 Å². The zero-order valence-corrected chi connectivity index (χ0v) is 17.1. The van der Waals surface area contributed by atoms with Crippen molar-refractivity contribution < 1.29 is 9.18 Å². The van der Waals surface area contributed by atoms with Gasteiger partial charge in [-0.1, -0.05) is 41.9 Å². The average Bonchev–Trinajstić information content (AvgIpc) is 2.79. The van der Waals surface area contributed by atoms with Crippen LogP contribution in [0.2, 0.25) is 5.02 Å². The van der Waals surface area contributed by atoms with Crippen molar-refractivity contribution in [1.29, 1.82) is 0 Å². The molecule has 1 aromatic heterocycles. The molecule has 0 saturated carbocycles. The maximum Gasteiger partial charge on any atom is 0.225 e. The molecule has 7 heteroatoms. The van der Waals surface area contributed by atoms with E-state index in [1.165, 1.54) is 12.1 Å². The number of piperidine rings is 1. The lowest BCUT2D eigenvalue weighted by molar-refractivity contribution is -0.125. The highest BCUT2D eigenvalue weighted by molar-refractivity contribution is 6.31. The second-order valence-corrected chi connectivity index (χ2v) is 7.78. The first-order valence-corrected chi connectivity index (χ1v) is 10.3. The third kappa shape index (κ3) is 4.76. The summed E-state index contributed by atoms with van der Waals surface area (Å²) in [5.74, 6) is 0.220. The fraction of sp³-hybridized carbons (Fsp3) is 0.261. The van der Waals surface area contributed by atoms with Gasteiger partial charge in [-0.15, -0.1) is 0 Å². The molecule has 1 aliphatic rings. The number of hydrogen-bond donors (Lipinski definition) is 1. The van der Waals surface area contributed by atoms with Crippen LogP contribution >= 0.6 is 11.6 Å². The summed E-state index contributed by atoms with van der Waals surface area (Å²) >= 11 is 6.17. The van der Waals surface area contributed by atoms with E-state index in [-0.39, 0.29) is 17.6 Å². The number of halogens is 2. The van der Waals surface area contributed by atoms with Crippen LogP contribution in [-0.2, 0) is 11.3 Å². The summed E-state index contributed by atoms with van der Waals surface area (Å²) in [5.41, 5.74) is 2.59. The van der Waals surface area contributed by atoms with Crippen molar-refractivity contribution in [3.63, 3.8) is 0 Å². The number of carbonyl (C=O) groups excluding carboxylic acids is 1. The number of amides is 1. The number of rotatable bonds is 5. The van der Waals surface area contributed by atoms with Crippen molar-refractivity contribution in [3.8, 4) is 11.1 Å². The topological polar surface area (TPSA) is 58.1 Å². The van der Waals surface area contributed by atoms with Gasteiger partial charge in [-0.2, -0.15) is 0 Å². The lowest BCUT2D eigenvalue weighted by atomic mass is 9.97. The number of aromatic nitrogens is 2. The smallest absolute Gasteiger partial charge is 0.225 e. The second kappa shape index (κ2) is 9.22. The van der Waals surface area contributed by atoms with Crippen molar-refractivity contribution in [2.24, 2.45) is 5.92 Å². The Morgan fingerprint density at radius 1 is 1.10 bits per heavy atom. The standard InChI is InChI=1S/C23H22ClFN4O/c24-21-6-2-1-4-17(21)12-26-22(30)18-5-3-11-29(15-18)23-27-13-19(14-28-23)16-7-9-20(25)10-8-16/h1-2,4,6-10,13-14,18H,3,5,11-12,15H2,(H,26,30). The molecular weight excluding hydrogens is 403 g/mol. The summed E-state index contributed by atoms with van der Waals surface area (Å²) in [4.78, 5) is 23.7. The Labute approximate surface area is 179 Å². The molecule has 1 N–H and O–H groups in total. The second-order valence-electron chi connectivity index (χ2n) is 7.37. The van der Waals surface area contributed by atoms with E-state index in [2.05, 4.69) is 15.3 Å². The number of nitrogens with one attached hydrogen (secondary N) is 1. The maximum atomic E-state index is 13.1. The number of anilines is 1. The fourth-order valence-corrected chi connectivity index (χ4v) is 3.82. The van der Waals surface area contributed by atoms with Crippen LogP contribution in [0.3, 0.4) is 0 Å². The molecule has 4 rings (SSSR count). The van der Waals surface area contributed by atoms with Crippen molar-refractivity contribution in [1.82, 2.24) is 15.3 Å². The molecule has 0 aliphatic carbocycles. The monoisotopic (exact) mass is 424 g/mol. The number of carbonyl (C=O) groups is 1. The summed E-state index contributed by atoms with van der Waals surface area (Å²) in [6, 6.07) is 13.7. The average molecular weight is 425 g/mol. The van der Waals surface area contributed by atoms with Crippen LogP contribution in [0.4, 0.5) is 10.3 Å². The van der Waals surface area contributed by atoms with E-state index in [1.54, 1.807) is 24.5 Å². The van der Waals surface area contributed by atoms with Crippen LogP contribution in [0.1, 0.15) is 18.4 Å². The number of nitrogens with zero attached hydrogens (tertiary/aromatic N) is 3. The minimum absolute atomic E-state index is 0.0163. The van der Waals surface area contributed by atoms with Crippen LogP contribution in [0.15, 0.2) is 60.9 Å². The largest absolute Gasteiger partial charge is 0.352 e. The molecular formula is C23H22ClFN4O. The predicted octanol–water partition coefficient (Wildman–Crippen LogP) is 4.47. The molecule has 0 radical (unpaired) electrons. The Morgan fingerprint density at radius 3 is 2.57 bits per heavy atom. The van der Waals surface area contributed by atoms with Gasteiger partial charge in [-0.3, -0.25) is 4.79 Å². The molecule has 0 spiro atoms. The van der Waals surface area contributed by atoms with Gasteiger partial charge >= 0.3 is 0 Å². The van der Waals surface area contributed by atoms with Gasteiger partial charge < -0.3 is 10.2 Å². The van der Waals surface area contributed by atoms with Crippen molar-refractivity contribution >= 4 is 23.5 Å². The van der Waals surface area contributed by atoms with Crippen LogP contribution in [0.5, 0.6) is 0 Å². The maximum absolute atomic E-state index is 13.1.